The first-order valence-electron chi connectivity index (χ1n) is 4.98. The summed E-state index contributed by atoms with van der Waals surface area (Å²) in [7, 11) is 0. The molecule has 0 bridgehead atoms. The number of benzene rings is 1. The molecule has 6 heteroatoms. The van der Waals surface area contributed by atoms with Crippen LogP contribution in [0.15, 0.2) is 34.9 Å². The summed E-state index contributed by atoms with van der Waals surface area (Å²) in [6.07, 6.45) is 1.48. The molecule has 0 aliphatic carbocycles. The number of halogens is 3. The summed E-state index contributed by atoms with van der Waals surface area (Å²) < 4.78 is 31.7. The minimum atomic E-state index is -1.00. The molecular formula is C12H8BrF2NO2. The van der Waals surface area contributed by atoms with Gasteiger partial charge in [-0.2, -0.15) is 0 Å². The Labute approximate surface area is 110 Å². The predicted molar refractivity (Wildman–Crippen MR) is 64.3 cm³/mol. The molecule has 94 valence electrons. The number of hydrogen-bond donors (Lipinski definition) is 1. The van der Waals surface area contributed by atoms with Crippen molar-refractivity contribution >= 4 is 15.9 Å². The first-order valence-corrected chi connectivity index (χ1v) is 5.77. The molecule has 0 radical (unpaired) electrons. The van der Waals surface area contributed by atoms with Crippen LogP contribution in [-0.4, -0.2) is 10.1 Å². The fourth-order valence-electron chi connectivity index (χ4n) is 1.33. The molecule has 1 N–H and O–H groups in total. The van der Waals surface area contributed by atoms with Crippen molar-refractivity contribution in [3.05, 3.63) is 52.1 Å². The van der Waals surface area contributed by atoms with E-state index >= 15 is 0 Å². The van der Waals surface area contributed by atoms with E-state index in [0.29, 0.717) is 10.0 Å². The van der Waals surface area contributed by atoms with Crippen molar-refractivity contribution in [1.82, 2.24) is 4.98 Å². The summed E-state index contributed by atoms with van der Waals surface area (Å²) in [5.41, 5.74) is 0.439. The van der Waals surface area contributed by atoms with Crippen LogP contribution < -0.4 is 4.74 Å². The molecule has 0 fully saturated rings. The first kappa shape index (κ1) is 12.9. The van der Waals surface area contributed by atoms with Crippen molar-refractivity contribution < 1.29 is 18.6 Å². The zero-order valence-electron chi connectivity index (χ0n) is 9.03. The summed E-state index contributed by atoms with van der Waals surface area (Å²) in [5, 5.41) is 9.14. The number of nitrogens with zero attached hydrogens (tertiary/aromatic N) is 1. The molecule has 18 heavy (non-hydrogen) atoms. The van der Waals surface area contributed by atoms with Crippen LogP contribution in [0, 0.1) is 11.6 Å². The van der Waals surface area contributed by atoms with E-state index in [-0.39, 0.29) is 18.2 Å². The van der Waals surface area contributed by atoms with E-state index in [4.69, 9.17) is 9.84 Å². The van der Waals surface area contributed by atoms with Crippen molar-refractivity contribution in [2.75, 3.05) is 0 Å². The Morgan fingerprint density at radius 3 is 2.67 bits per heavy atom. The predicted octanol–water partition coefficient (Wildman–Crippen LogP) is 3.41. The summed E-state index contributed by atoms with van der Waals surface area (Å²) >= 11 is 3.20. The maximum Gasteiger partial charge on any atom is 0.224 e. The summed E-state index contributed by atoms with van der Waals surface area (Å²) in [6.45, 7) is -0.272. The van der Waals surface area contributed by atoms with Crippen LogP contribution in [0.25, 0.3) is 0 Å². The Bertz CT molecular complexity index is 578. The van der Waals surface area contributed by atoms with Crippen molar-refractivity contribution in [1.29, 1.82) is 0 Å². The third-order valence-corrected chi connectivity index (χ3v) is 2.60. The minimum absolute atomic E-state index is 0.110. The number of rotatable bonds is 3. The number of aliphatic hydroxyl groups is 1. The summed E-state index contributed by atoms with van der Waals surface area (Å²) in [6, 6.07) is 4.79. The molecule has 0 saturated heterocycles. The molecule has 1 heterocycles. The highest BCUT2D eigenvalue weighted by molar-refractivity contribution is 9.10. The molecule has 0 saturated carbocycles. The highest BCUT2D eigenvalue weighted by Gasteiger charge is 2.09. The van der Waals surface area contributed by atoms with Gasteiger partial charge in [0.1, 0.15) is 5.75 Å². The molecular weight excluding hydrogens is 308 g/mol. The van der Waals surface area contributed by atoms with Gasteiger partial charge in [0.25, 0.3) is 0 Å². The fraction of sp³-hybridized carbons (Fsp3) is 0.0833. The first-order chi connectivity index (χ1) is 8.60. The second-order valence-electron chi connectivity index (χ2n) is 3.45. The van der Waals surface area contributed by atoms with Crippen LogP contribution in [0.5, 0.6) is 11.6 Å². The maximum absolute atomic E-state index is 13.0. The average Bonchev–Trinajstić information content (AvgIpc) is 2.36. The van der Waals surface area contributed by atoms with Gasteiger partial charge in [0.2, 0.25) is 5.88 Å². The molecule has 0 aliphatic heterocycles. The van der Waals surface area contributed by atoms with Gasteiger partial charge in [-0.25, -0.2) is 13.8 Å². The van der Waals surface area contributed by atoms with Gasteiger partial charge in [-0.15, -0.1) is 0 Å². The van der Waals surface area contributed by atoms with Crippen LogP contribution in [0.4, 0.5) is 8.78 Å². The monoisotopic (exact) mass is 315 g/mol. The minimum Gasteiger partial charge on any atom is -0.439 e. The fourth-order valence-corrected chi connectivity index (χ4v) is 1.70. The van der Waals surface area contributed by atoms with E-state index in [2.05, 4.69) is 20.9 Å². The lowest BCUT2D eigenvalue weighted by Gasteiger charge is -2.08. The molecule has 2 rings (SSSR count). The largest absolute Gasteiger partial charge is 0.439 e. The molecule has 0 atom stereocenters. The zero-order valence-corrected chi connectivity index (χ0v) is 10.6. The topological polar surface area (TPSA) is 42.4 Å². The number of aliphatic hydroxyl groups excluding tert-OH is 1. The van der Waals surface area contributed by atoms with Gasteiger partial charge < -0.3 is 9.84 Å². The zero-order chi connectivity index (χ0) is 13.1. The lowest BCUT2D eigenvalue weighted by atomic mass is 10.3. The van der Waals surface area contributed by atoms with E-state index in [1.807, 2.05) is 0 Å². The molecule has 0 amide bonds. The molecule has 0 unspecified atom stereocenters. The van der Waals surface area contributed by atoms with Crippen LogP contribution in [0.3, 0.4) is 0 Å². The lowest BCUT2D eigenvalue weighted by molar-refractivity contribution is 0.275. The van der Waals surface area contributed by atoms with E-state index in [9.17, 15) is 8.78 Å². The van der Waals surface area contributed by atoms with Gasteiger partial charge in [0.05, 0.1) is 6.61 Å². The van der Waals surface area contributed by atoms with E-state index < -0.39 is 11.6 Å². The van der Waals surface area contributed by atoms with E-state index in [1.54, 1.807) is 6.07 Å². The SMILES string of the molecule is OCc1cc(Br)cnc1Oc1ccc(F)c(F)c1. The van der Waals surface area contributed by atoms with Gasteiger partial charge in [-0.05, 0) is 34.1 Å². The summed E-state index contributed by atoms with van der Waals surface area (Å²) in [4.78, 5) is 3.95. The van der Waals surface area contributed by atoms with Gasteiger partial charge in [-0.3, -0.25) is 0 Å². The van der Waals surface area contributed by atoms with Gasteiger partial charge in [0.15, 0.2) is 11.6 Å². The Hall–Kier alpha value is -1.53. The van der Waals surface area contributed by atoms with Crippen LogP contribution in [-0.2, 0) is 6.61 Å². The van der Waals surface area contributed by atoms with Crippen molar-refractivity contribution in [2.45, 2.75) is 6.61 Å². The molecule has 1 aromatic heterocycles. The van der Waals surface area contributed by atoms with E-state index in [0.717, 1.165) is 12.1 Å². The Morgan fingerprint density at radius 2 is 2.00 bits per heavy atom. The smallest absolute Gasteiger partial charge is 0.224 e. The highest BCUT2D eigenvalue weighted by atomic mass is 79.9. The normalized spacial score (nSPS) is 10.4. The lowest BCUT2D eigenvalue weighted by Crippen LogP contribution is -1.96. The third-order valence-electron chi connectivity index (χ3n) is 2.17. The van der Waals surface area contributed by atoms with Crippen molar-refractivity contribution in [2.24, 2.45) is 0 Å². The maximum atomic E-state index is 13.0. The Balaban J connectivity index is 2.30. The highest BCUT2D eigenvalue weighted by Crippen LogP contribution is 2.26. The summed E-state index contributed by atoms with van der Waals surface area (Å²) in [5.74, 6) is -1.70. The standard InChI is InChI=1S/C12H8BrF2NO2/c13-8-3-7(6-17)12(16-5-8)18-9-1-2-10(14)11(15)4-9/h1-5,17H,6H2. The number of pyridine rings is 1. The molecule has 1 aromatic carbocycles. The number of hydrogen-bond acceptors (Lipinski definition) is 3. The molecule has 3 nitrogen and oxygen atoms in total. The molecule has 2 aromatic rings. The van der Waals surface area contributed by atoms with Crippen LogP contribution in [0.1, 0.15) is 5.56 Å². The molecule has 0 aliphatic rings. The van der Waals surface area contributed by atoms with Crippen LogP contribution >= 0.6 is 15.9 Å². The van der Waals surface area contributed by atoms with Gasteiger partial charge in [0, 0.05) is 22.3 Å². The van der Waals surface area contributed by atoms with Crippen molar-refractivity contribution in [3.8, 4) is 11.6 Å². The van der Waals surface area contributed by atoms with Gasteiger partial charge >= 0.3 is 0 Å². The Kier molecular flexibility index (Phi) is 3.88. The Morgan fingerprint density at radius 1 is 1.22 bits per heavy atom. The third kappa shape index (κ3) is 2.83. The average molecular weight is 316 g/mol. The second kappa shape index (κ2) is 5.41. The van der Waals surface area contributed by atoms with Crippen LogP contribution in [0.2, 0.25) is 0 Å². The van der Waals surface area contributed by atoms with Crippen molar-refractivity contribution in [3.63, 3.8) is 0 Å². The van der Waals surface area contributed by atoms with Gasteiger partial charge in [-0.1, -0.05) is 0 Å². The van der Waals surface area contributed by atoms with E-state index in [1.165, 1.54) is 12.3 Å². The molecule has 0 spiro atoms. The second-order valence-corrected chi connectivity index (χ2v) is 4.37. The quantitative estimate of drug-likeness (QED) is 0.943. The number of ether oxygens (including phenoxy) is 1. The number of aromatic nitrogens is 1.